The van der Waals surface area contributed by atoms with E-state index >= 15 is 0 Å². The average Bonchev–Trinajstić information content (AvgIpc) is 2.82. The SMILES string of the molecule is Cc1ccccc1OCC(=O)NC(=S)NNC(=O)c1ccc(NC(=O)c2ccccc2C)cc1. The number of thiocarbonyl (C=S) groups is 1. The molecule has 3 amide bonds. The van der Waals surface area contributed by atoms with Gasteiger partial charge in [-0.3, -0.25) is 30.6 Å². The van der Waals surface area contributed by atoms with E-state index in [4.69, 9.17) is 17.0 Å². The molecule has 0 atom stereocenters. The molecule has 0 aliphatic carbocycles. The lowest BCUT2D eigenvalue weighted by Gasteiger charge is -2.12. The number of hydrazine groups is 1. The number of ether oxygens (including phenoxy) is 1. The molecular weight excluding hydrogens is 452 g/mol. The van der Waals surface area contributed by atoms with E-state index in [1.165, 1.54) is 0 Å². The molecule has 0 spiro atoms. The number of hydrogen-bond donors (Lipinski definition) is 4. The van der Waals surface area contributed by atoms with Gasteiger partial charge in [-0.1, -0.05) is 36.4 Å². The van der Waals surface area contributed by atoms with Gasteiger partial charge in [0.2, 0.25) is 0 Å². The molecule has 174 valence electrons. The van der Waals surface area contributed by atoms with Gasteiger partial charge in [0, 0.05) is 16.8 Å². The first-order valence-electron chi connectivity index (χ1n) is 10.4. The number of carbonyl (C=O) groups excluding carboxylic acids is 3. The molecule has 0 aliphatic rings. The molecule has 0 bridgehead atoms. The third-order valence-corrected chi connectivity index (χ3v) is 4.99. The maximum Gasteiger partial charge on any atom is 0.269 e. The molecular formula is C25H24N4O4S. The van der Waals surface area contributed by atoms with Crippen molar-refractivity contribution in [2.75, 3.05) is 11.9 Å². The predicted octanol–water partition coefficient (Wildman–Crippen LogP) is 3.27. The van der Waals surface area contributed by atoms with Gasteiger partial charge in [-0.15, -0.1) is 0 Å². The highest BCUT2D eigenvalue weighted by molar-refractivity contribution is 7.80. The Kier molecular flexibility index (Phi) is 8.31. The highest BCUT2D eigenvalue weighted by atomic mass is 32.1. The fourth-order valence-corrected chi connectivity index (χ4v) is 3.14. The molecule has 8 nitrogen and oxygen atoms in total. The van der Waals surface area contributed by atoms with E-state index < -0.39 is 11.8 Å². The second kappa shape index (κ2) is 11.6. The van der Waals surface area contributed by atoms with E-state index in [0.717, 1.165) is 11.1 Å². The quantitative estimate of drug-likeness (QED) is 0.321. The number of nitrogens with one attached hydrogen (secondary N) is 4. The van der Waals surface area contributed by atoms with Gasteiger partial charge in [0.1, 0.15) is 5.75 Å². The Morgan fingerprint density at radius 3 is 2.12 bits per heavy atom. The molecule has 0 radical (unpaired) electrons. The Labute approximate surface area is 202 Å². The lowest BCUT2D eigenvalue weighted by atomic mass is 10.1. The third kappa shape index (κ3) is 6.88. The van der Waals surface area contributed by atoms with Crippen molar-refractivity contribution in [3.8, 4) is 5.75 Å². The van der Waals surface area contributed by atoms with Gasteiger partial charge < -0.3 is 10.1 Å². The molecule has 3 aromatic rings. The van der Waals surface area contributed by atoms with E-state index in [-0.39, 0.29) is 17.6 Å². The van der Waals surface area contributed by atoms with E-state index in [1.54, 1.807) is 42.5 Å². The largest absolute Gasteiger partial charge is 0.483 e. The highest BCUT2D eigenvalue weighted by Gasteiger charge is 2.11. The summed E-state index contributed by atoms with van der Waals surface area (Å²) in [5.41, 5.74) is 8.11. The molecule has 0 saturated heterocycles. The second-order valence-corrected chi connectivity index (χ2v) is 7.77. The molecule has 3 rings (SSSR count). The number of amides is 3. The van der Waals surface area contributed by atoms with Crippen LogP contribution in [0, 0.1) is 13.8 Å². The number of benzene rings is 3. The highest BCUT2D eigenvalue weighted by Crippen LogP contribution is 2.16. The van der Waals surface area contributed by atoms with E-state index in [2.05, 4.69) is 21.5 Å². The molecule has 0 aliphatic heterocycles. The normalized spacial score (nSPS) is 10.1. The van der Waals surface area contributed by atoms with Crippen LogP contribution in [0.15, 0.2) is 72.8 Å². The van der Waals surface area contributed by atoms with Crippen molar-refractivity contribution in [2.24, 2.45) is 0 Å². The van der Waals surface area contributed by atoms with Crippen molar-refractivity contribution in [3.05, 3.63) is 95.1 Å². The Morgan fingerprint density at radius 2 is 1.44 bits per heavy atom. The minimum atomic E-state index is -0.469. The fourth-order valence-electron chi connectivity index (χ4n) is 2.97. The number of carbonyl (C=O) groups is 3. The van der Waals surface area contributed by atoms with Crippen molar-refractivity contribution in [2.45, 2.75) is 13.8 Å². The van der Waals surface area contributed by atoms with Crippen LogP contribution in [-0.2, 0) is 4.79 Å². The Bertz CT molecular complexity index is 1210. The smallest absolute Gasteiger partial charge is 0.269 e. The molecule has 0 aromatic heterocycles. The first kappa shape index (κ1) is 24.4. The second-order valence-electron chi connectivity index (χ2n) is 7.36. The Hall–Kier alpha value is -4.24. The maximum atomic E-state index is 12.4. The van der Waals surface area contributed by atoms with Gasteiger partial charge in [0.15, 0.2) is 11.7 Å². The van der Waals surface area contributed by atoms with Gasteiger partial charge in [-0.2, -0.15) is 0 Å². The zero-order chi connectivity index (χ0) is 24.5. The van der Waals surface area contributed by atoms with Crippen LogP contribution in [0.1, 0.15) is 31.8 Å². The molecule has 0 saturated carbocycles. The number of aryl methyl sites for hydroxylation is 2. The van der Waals surface area contributed by atoms with Gasteiger partial charge in [0.05, 0.1) is 0 Å². The summed E-state index contributed by atoms with van der Waals surface area (Å²) < 4.78 is 5.45. The van der Waals surface area contributed by atoms with E-state index in [9.17, 15) is 14.4 Å². The Morgan fingerprint density at radius 1 is 0.794 bits per heavy atom. The van der Waals surface area contributed by atoms with Crippen molar-refractivity contribution < 1.29 is 19.1 Å². The minimum absolute atomic E-state index is 0.0751. The van der Waals surface area contributed by atoms with Crippen LogP contribution >= 0.6 is 12.2 Å². The number of rotatable bonds is 6. The average molecular weight is 477 g/mol. The van der Waals surface area contributed by atoms with Gasteiger partial charge in [-0.05, 0) is 73.6 Å². The lowest BCUT2D eigenvalue weighted by Crippen LogP contribution is -2.49. The van der Waals surface area contributed by atoms with Gasteiger partial charge >= 0.3 is 0 Å². The van der Waals surface area contributed by atoms with E-state index in [1.807, 2.05) is 44.2 Å². The van der Waals surface area contributed by atoms with Crippen molar-refractivity contribution in [3.63, 3.8) is 0 Å². The molecule has 0 fully saturated rings. The van der Waals surface area contributed by atoms with Crippen LogP contribution in [0.5, 0.6) is 5.75 Å². The summed E-state index contributed by atoms with van der Waals surface area (Å²) in [6.45, 7) is 3.51. The summed E-state index contributed by atoms with van der Waals surface area (Å²) in [6, 6.07) is 20.9. The first-order chi connectivity index (χ1) is 16.3. The van der Waals surface area contributed by atoms with Gasteiger partial charge in [-0.25, -0.2) is 0 Å². The lowest BCUT2D eigenvalue weighted by molar-refractivity contribution is -0.121. The summed E-state index contributed by atoms with van der Waals surface area (Å²) in [6.07, 6.45) is 0. The summed E-state index contributed by atoms with van der Waals surface area (Å²) in [5.74, 6) is -0.568. The monoisotopic (exact) mass is 476 g/mol. The minimum Gasteiger partial charge on any atom is -0.483 e. The standard InChI is InChI=1S/C25H24N4O4S/c1-16-7-3-5-9-20(16)24(32)26-19-13-11-18(12-14-19)23(31)28-29-25(34)27-22(30)15-33-21-10-6-4-8-17(21)2/h3-14H,15H2,1-2H3,(H,26,32)(H,28,31)(H2,27,29,30,34). The van der Waals surface area contributed by atoms with Crippen LogP contribution < -0.4 is 26.2 Å². The Balaban J connectivity index is 1.44. The van der Waals surface area contributed by atoms with Crippen LogP contribution in [0.25, 0.3) is 0 Å². The van der Waals surface area contributed by atoms with Crippen LogP contribution in [0.2, 0.25) is 0 Å². The third-order valence-electron chi connectivity index (χ3n) is 4.79. The predicted molar refractivity (Wildman–Crippen MR) is 134 cm³/mol. The molecule has 34 heavy (non-hydrogen) atoms. The first-order valence-corrected chi connectivity index (χ1v) is 10.8. The fraction of sp³-hybridized carbons (Fsp3) is 0.120. The van der Waals surface area contributed by atoms with Crippen molar-refractivity contribution in [1.82, 2.24) is 16.2 Å². The topological polar surface area (TPSA) is 109 Å². The van der Waals surface area contributed by atoms with Crippen LogP contribution in [0.3, 0.4) is 0 Å². The number of anilines is 1. The number of para-hydroxylation sites is 1. The van der Waals surface area contributed by atoms with Crippen molar-refractivity contribution >= 4 is 40.7 Å². The molecule has 0 unspecified atom stereocenters. The van der Waals surface area contributed by atoms with E-state index in [0.29, 0.717) is 22.6 Å². The number of hydrogen-bond acceptors (Lipinski definition) is 5. The van der Waals surface area contributed by atoms with Crippen LogP contribution in [-0.4, -0.2) is 29.4 Å². The van der Waals surface area contributed by atoms with Crippen molar-refractivity contribution in [1.29, 1.82) is 0 Å². The summed E-state index contributed by atoms with van der Waals surface area (Å²) in [5, 5.41) is 5.14. The zero-order valence-corrected chi connectivity index (χ0v) is 19.5. The molecule has 3 aromatic carbocycles. The van der Waals surface area contributed by atoms with Gasteiger partial charge in [0.25, 0.3) is 17.7 Å². The zero-order valence-electron chi connectivity index (χ0n) is 18.7. The maximum absolute atomic E-state index is 12.4. The molecule has 9 heteroatoms. The molecule has 4 N–H and O–H groups in total. The summed E-state index contributed by atoms with van der Waals surface area (Å²) >= 11 is 5.02. The summed E-state index contributed by atoms with van der Waals surface area (Å²) in [7, 11) is 0. The summed E-state index contributed by atoms with van der Waals surface area (Å²) in [4.78, 5) is 36.7. The van der Waals surface area contributed by atoms with Crippen LogP contribution in [0.4, 0.5) is 5.69 Å². The molecule has 0 heterocycles.